The van der Waals surface area contributed by atoms with Crippen molar-refractivity contribution in [3.8, 4) is 0 Å². The van der Waals surface area contributed by atoms with Gasteiger partial charge in [0.2, 0.25) is 0 Å². The van der Waals surface area contributed by atoms with Crippen LogP contribution in [0.15, 0.2) is 18.2 Å². The molecule has 0 radical (unpaired) electrons. The van der Waals surface area contributed by atoms with E-state index in [0.717, 1.165) is 18.4 Å². The van der Waals surface area contributed by atoms with Gasteiger partial charge in [-0.15, -0.1) is 0 Å². The minimum atomic E-state index is -0.135. The molecule has 0 N–H and O–H groups in total. The summed E-state index contributed by atoms with van der Waals surface area (Å²) in [6, 6.07) is 4.97. The largest absolute Gasteiger partial charge is 0.207 e. The van der Waals surface area contributed by atoms with Crippen LogP contribution in [0.1, 0.15) is 43.6 Å². The SMILES string of the molecule is Fc1cccc(Cl)c1C1CCCCC1. The molecule has 0 atom stereocenters. The van der Waals surface area contributed by atoms with Crippen LogP contribution < -0.4 is 0 Å². The van der Waals surface area contributed by atoms with Crippen molar-refractivity contribution in [2.24, 2.45) is 0 Å². The monoisotopic (exact) mass is 212 g/mol. The molecule has 0 unspecified atom stereocenters. The first-order valence-electron chi connectivity index (χ1n) is 5.23. The van der Waals surface area contributed by atoms with Crippen molar-refractivity contribution >= 4 is 11.6 Å². The molecular formula is C12H14ClF. The summed E-state index contributed by atoms with van der Waals surface area (Å²) < 4.78 is 13.6. The normalized spacial score (nSPS) is 18.4. The molecule has 2 heteroatoms. The maximum absolute atomic E-state index is 13.6. The molecule has 14 heavy (non-hydrogen) atoms. The van der Waals surface area contributed by atoms with E-state index in [9.17, 15) is 4.39 Å². The molecule has 0 aliphatic heterocycles. The van der Waals surface area contributed by atoms with Gasteiger partial charge in [-0.3, -0.25) is 0 Å². The smallest absolute Gasteiger partial charge is 0.128 e. The van der Waals surface area contributed by atoms with E-state index in [4.69, 9.17) is 11.6 Å². The van der Waals surface area contributed by atoms with Crippen molar-refractivity contribution in [3.05, 3.63) is 34.6 Å². The van der Waals surface area contributed by atoms with Crippen molar-refractivity contribution in [1.82, 2.24) is 0 Å². The fraction of sp³-hybridized carbons (Fsp3) is 0.500. The predicted octanol–water partition coefficient (Wildman–Crippen LogP) is 4.53. The summed E-state index contributed by atoms with van der Waals surface area (Å²) in [5.41, 5.74) is 0.744. The average Bonchev–Trinajstić information content (AvgIpc) is 2.19. The summed E-state index contributed by atoms with van der Waals surface area (Å²) in [5, 5.41) is 0.594. The third kappa shape index (κ3) is 1.93. The lowest BCUT2D eigenvalue weighted by molar-refractivity contribution is 0.430. The second kappa shape index (κ2) is 4.31. The van der Waals surface area contributed by atoms with Gasteiger partial charge in [0, 0.05) is 10.6 Å². The first kappa shape index (κ1) is 9.97. The van der Waals surface area contributed by atoms with Gasteiger partial charge in [-0.2, -0.15) is 0 Å². The highest BCUT2D eigenvalue weighted by Crippen LogP contribution is 2.37. The van der Waals surface area contributed by atoms with E-state index >= 15 is 0 Å². The molecule has 0 nitrogen and oxygen atoms in total. The molecular weight excluding hydrogens is 199 g/mol. The summed E-state index contributed by atoms with van der Waals surface area (Å²) in [6.07, 6.45) is 5.86. The quantitative estimate of drug-likeness (QED) is 0.642. The van der Waals surface area contributed by atoms with Crippen LogP contribution >= 0.6 is 11.6 Å². The molecule has 0 amide bonds. The van der Waals surface area contributed by atoms with Crippen LogP contribution in [0.5, 0.6) is 0 Å². The van der Waals surface area contributed by atoms with Gasteiger partial charge in [0.15, 0.2) is 0 Å². The number of rotatable bonds is 1. The number of halogens is 2. The van der Waals surface area contributed by atoms with Crippen molar-refractivity contribution in [2.45, 2.75) is 38.0 Å². The van der Waals surface area contributed by atoms with Crippen LogP contribution in [0.2, 0.25) is 5.02 Å². The van der Waals surface area contributed by atoms with E-state index in [1.54, 1.807) is 12.1 Å². The summed E-state index contributed by atoms with van der Waals surface area (Å²) >= 11 is 6.02. The highest BCUT2D eigenvalue weighted by molar-refractivity contribution is 6.31. The highest BCUT2D eigenvalue weighted by atomic mass is 35.5. The molecule has 2 rings (SSSR count). The van der Waals surface area contributed by atoms with Crippen LogP contribution in [0.3, 0.4) is 0 Å². The Morgan fingerprint density at radius 3 is 2.50 bits per heavy atom. The fourth-order valence-corrected chi connectivity index (χ4v) is 2.61. The number of benzene rings is 1. The maximum atomic E-state index is 13.6. The van der Waals surface area contributed by atoms with Crippen LogP contribution in [-0.2, 0) is 0 Å². The van der Waals surface area contributed by atoms with Gasteiger partial charge in [0.05, 0.1) is 0 Å². The Hall–Kier alpha value is -0.560. The van der Waals surface area contributed by atoms with Crippen LogP contribution in [0.4, 0.5) is 4.39 Å². The molecule has 1 saturated carbocycles. The van der Waals surface area contributed by atoms with E-state index in [-0.39, 0.29) is 5.82 Å². The molecule has 1 aromatic rings. The van der Waals surface area contributed by atoms with Crippen LogP contribution in [0.25, 0.3) is 0 Å². The van der Waals surface area contributed by atoms with Gasteiger partial charge in [0.25, 0.3) is 0 Å². The van der Waals surface area contributed by atoms with E-state index in [0.29, 0.717) is 10.9 Å². The number of hydrogen-bond acceptors (Lipinski definition) is 0. The topological polar surface area (TPSA) is 0 Å². The molecule has 0 aromatic heterocycles. The van der Waals surface area contributed by atoms with Gasteiger partial charge < -0.3 is 0 Å². The zero-order chi connectivity index (χ0) is 9.97. The van der Waals surface area contributed by atoms with Gasteiger partial charge in [-0.25, -0.2) is 4.39 Å². The van der Waals surface area contributed by atoms with E-state index < -0.39 is 0 Å². The molecule has 0 bridgehead atoms. The third-order valence-corrected chi connectivity index (χ3v) is 3.34. The molecule has 76 valence electrons. The standard InChI is InChI=1S/C12H14ClF/c13-10-7-4-8-11(14)12(10)9-5-2-1-3-6-9/h4,7-9H,1-3,5-6H2. The van der Waals surface area contributed by atoms with Gasteiger partial charge in [-0.05, 0) is 30.9 Å². The first-order chi connectivity index (χ1) is 6.79. The van der Waals surface area contributed by atoms with E-state index in [1.165, 1.54) is 25.3 Å². The predicted molar refractivity (Wildman–Crippen MR) is 57.2 cm³/mol. The fourth-order valence-electron chi connectivity index (χ4n) is 2.29. The molecule has 0 heterocycles. The number of hydrogen-bond donors (Lipinski definition) is 0. The minimum Gasteiger partial charge on any atom is -0.207 e. The lowest BCUT2D eigenvalue weighted by Gasteiger charge is -2.23. The van der Waals surface area contributed by atoms with Gasteiger partial charge in [0.1, 0.15) is 5.82 Å². The van der Waals surface area contributed by atoms with Crippen molar-refractivity contribution in [2.75, 3.05) is 0 Å². The van der Waals surface area contributed by atoms with E-state index in [2.05, 4.69) is 0 Å². The van der Waals surface area contributed by atoms with Gasteiger partial charge in [-0.1, -0.05) is 36.9 Å². The maximum Gasteiger partial charge on any atom is 0.128 e. The lowest BCUT2D eigenvalue weighted by Crippen LogP contribution is -2.07. The lowest BCUT2D eigenvalue weighted by atomic mass is 9.84. The summed E-state index contributed by atoms with van der Waals surface area (Å²) in [5.74, 6) is 0.210. The molecule has 1 aliphatic carbocycles. The highest BCUT2D eigenvalue weighted by Gasteiger charge is 2.20. The first-order valence-corrected chi connectivity index (χ1v) is 5.61. The Balaban J connectivity index is 2.29. The zero-order valence-electron chi connectivity index (χ0n) is 8.10. The molecule has 1 fully saturated rings. The molecule has 0 saturated heterocycles. The Morgan fingerprint density at radius 2 is 1.86 bits per heavy atom. The van der Waals surface area contributed by atoms with Crippen molar-refractivity contribution < 1.29 is 4.39 Å². The summed E-state index contributed by atoms with van der Waals surface area (Å²) in [7, 11) is 0. The minimum absolute atomic E-state index is 0.135. The molecule has 0 spiro atoms. The van der Waals surface area contributed by atoms with E-state index in [1.807, 2.05) is 0 Å². The second-order valence-electron chi connectivity index (χ2n) is 3.97. The van der Waals surface area contributed by atoms with Crippen molar-refractivity contribution in [3.63, 3.8) is 0 Å². The summed E-state index contributed by atoms with van der Waals surface area (Å²) in [6.45, 7) is 0. The van der Waals surface area contributed by atoms with Crippen LogP contribution in [-0.4, -0.2) is 0 Å². The zero-order valence-corrected chi connectivity index (χ0v) is 8.86. The van der Waals surface area contributed by atoms with Gasteiger partial charge >= 0.3 is 0 Å². The average molecular weight is 213 g/mol. The Bertz CT molecular complexity index is 296. The molecule has 1 aromatic carbocycles. The van der Waals surface area contributed by atoms with Crippen molar-refractivity contribution in [1.29, 1.82) is 0 Å². The Kier molecular flexibility index (Phi) is 3.07. The summed E-state index contributed by atoms with van der Waals surface area (Å²) in [4.78, 5) is 0. The third-order valence-electron chi connectivity index (χ3n) is 3.01. The molecule has 1 aliphatic rings. The second-order valence-corrected chi connectivity index (χ2v) is 4.38. The Labute approximate surface area is 89.1 Å². The Morgan fingerprint density at radius 1 is 1.14 bits per heavy atom. The van der Waals surface area contributed by atoms with Crippen LogP contribution in [0, 0.1) is 5.82 Å².